The predicted molar refractivity (Wildman–Crippen MR) is 87.8 cm³/mol. The second kappa shape index (κ2) is 4.94. The second-order valence-electron chi connectivity index (χ2n) is 4.90. The van der Waals surface area contributed by atoms with Crippen LogP contribution in [0.4, 0.5) is 5.69 Å². The average molecular weight is 331 g/mol. The molecule has 3 nitrogen and oxygen atoms in total. The van der Waals surface area contributed by atoms with Gasteiger partial charge in [-0.15, -0.1) is 0 Å². The standard InChI is InChI=1S/C16H15BrN2O/c1-19(2)16-12-6-4-10(17)8-15(12)18-14-7-5-11(20-3)9-13(14)16/h4-9H,1-3H3. The number of methoxy groups -OCH3 is 1. The smallest absolute Gasteiger partial charge is 0.119 e. The van der Waals surface area contributed by atoms with Crippen molar-refractivity contribution in [3.8, 4) is 5.75 Å². The minimum absolute atomic E-state index is 0.846. The highest BCUT2D eigenvalue weighted by molar-refractivity contribution is 9.10. The molecule has 0 spiro atoms. The lowest BCUT2D eigenvalue weighted by Gasteiger charge is -2.18. The average Bonchev–Trinajstić information content (AvgIpc) is 2.43. The number of rotatable bonds is 2. The lowest BCUT2D eigenvalue weighted by Crippen LogP contribution is -2.10. The number of hydrogen-bond acceptors (Lipinski definition) is 3. The molecule has 3 rings (SSSR count). The molecule has 0 amide bonds. The Labute approximate surface area is 126 Å². The molecule has 3 aromatic rings. The van der Waals surface area contributed by atoms with Crippen molar-refractivity contribution in [2.45, 2.75) is 0 Å². The molecule has 0 fully saturated rings. The molecule has 0 unspecified atom stereocenters. The lowest BCUT2D eigenvalue weighted by molar-refractivity contribution is 0.415. The quantitative estimate of drug-likeness (QED) is 0.657. The van der Waals surface area contributed by atoms with E-state index in [1.807, 2.05) is 30.3 Å². The summed E-state index contributed by atoms with van der Waals surface area (Å²) in [6.07, 6.45) is 0. The van der Waals surface area contributed by atoms with Crippen molar-refractivity contribution in [2.75, 3.05) is 26.1 Å². The van der Waals surface area contributed by atoms with E-state index in [0.29, 0.717) is 0 Å². The molecular weight excluding hydrogens is 316 g/mol. The van der Waals surface area contributed by atoms with Crippen molar-refractivity contribution < 1.29 is 4.74 Å². The van der Waals surface area contributed by atoms with Crippen LogP contribution in [0, 0.1) is 0 Å². The van der Waals surface area contributed by atoms with Gasteiger partial charge in [-0.1, -0.05) is 15.9 Å². The van der Waals surface area contributed by atoms with E-state index in [0.717, 1.165) is 37.7 Å². The van der Waals surface area contributed by atoms with E-state index < -0.39 is 0 Å². The summed E-state index contributed by atoms with van der Waals surface area (Å²) in [5, 5.41) is 2.24. The van der Waals surface area contributed by atoms with Crippen molar-refractivity contribution in [3.05, 3.63) is 40.9 Å². The number of pyridine rings is 1. The minimum Gasteiger partial charge on any atom is -0.497 e. The number of fused-ring (bicyclic) bond motifs is 2. The van der Waals surface area contributed by atoms with Gasteiger partial charge in [0.2, 0.25) is 0 Å². The fraction of sp³-hybridized carbons (Fsp3) is 0.188. The third-order valence-corrected chi connectivity index (χ3v) is 3.86. The maximum atomic E-state index is 5.33. The van der Waals surface area contributed by atoms with E-state index in [-0.39, 0.29) is 0 Å². The zero-order valence-corrected chi connectivity index (χ0v) is 13.2. The van der Waals surface area contributed by atoms with Gasteiger partial charge in [0.05, 0.1) is 23.8 Å². The molecule has 0 saturated carbocycles. The van der Waals surface area contributed by atoms with Gasteiger partial charge in [0.15, 0.2) is 0 Å². The highest BCUT2D eigenvalue weighted by Crippen LogP contribution is 2.35. The zero-order valence-electron chi connectivity index (χ0n) is 11.6. The van der Waals surface area contributed by atoms with Crippen LogP contribution in [0.3, 0.4) is 0 Å². The van der Waals surface area contributed by atoms with E-state index in [4.69, 9.17) is 9.72 Å². The van der Waals surface area contributed by atoms with Crippen LogP contribution in [0.5, 0.6) is 5.75 Å². The second-order valence-corrected chi connectivity index (χ2v) is 5.82. The molecule has 0 atom stereocenters. The van der Waals surface area contributed by atoms with E-state index in [9.17, 15) is 0 Å². The van der Waals surface area contributed by atoms with Crippen LogP contribution in [0.15, 0.2) is 40.9 Å². The fourth-order valence-corrected chi connectivity index (χ4v) is 2.83. The predicted octanol–water partition coefficient (Wildman–Crippen LogP) is 4.23. The number of benzene rings is 2. The van der Waals surface area contributed by atoms with Gasteiger partial charge in [0.1, 0.15) is 5.75 Å². The summed E-state index contributed by atoms with van der Waals surface area (Å²) in [6.45, 7) is 0. The van der Waals surface area contributed by atoms with Gasteiger partial charge in [0, 0.05) is 29.3 Å². The third kappa shape index (κ3) is 2.10. The summed E-state index contributed by atoms with van der Waals surface area (Å²) in [6, 6.07) is 12.2. The maximum Gasteiger partial charge on any atom is 0.119 e. The fourth-order valence-electron chi connectivity index (χ4n) is 2.48. The number of hydrogen-bond donors (Lipinski definition) is 0. The Morgan fingerprint density at radius 2 is 1.80 bits per heavy atom. The summed E-state index contributed by atoms with van der Waals surface area (Å²) in [7, 11) is 5.79. The highest BCUT2D eigenvalue weighted by atomic mass is 79.9. The minimum atomic E-state index is 0.846. The highest BCUT2D eigenvalue weighted by Gasteiger charge is 2.12. The molecule has 20 heavy (non-hydrogen) atoms. The van der Waals surface area contributed by atoms with E-state index in [1.54, 1.807) is 7.11 Å². The molecule has 1 heterocycles. The van der Waals surface area contributed by atoms with Crippen molar-refractivity contribution in [2.24, 2.45) is 0 Å². The monoisotopic (exact) mass is 330 g/mol. The van der Waals surface area contributed by atoms with Gasteiger partial charge >= 0.3 is 0 Å². The lowest BCUT2D eigenvalue weighted by atomic mass is 10.1. The molecule has 0 radical (unpaired) electrons. The molecule has 0 saturated heterocycles. The summed E-state index contributed by atoms with van der Waals surface area (Å²) in [4.78, 5) is 6.87. The first kappa shape index (κ1) is 13.2. The Morgan fingerprint density at radius 1 is 1.00 bits per heavy atom. The maximum absolute atomic E-state index is 5.33. The first-order valence-corrected chi connectivity index (χ1v) is 7.14. The van der Waals surface area contributed by atoms with Crippen LogP contribution < -0.4 is 9.64 Å². The van der Waals surface area contributed by atoms with Crippen molar-refractivity contribution in [1.82, 2.24) is 4.98 Å². The van der Waals surface area contributed by atoms with Gasteiger partial charge < -0.3 is 9.64 Å². The Hall–Kier alpha value is -1.81. The van der Waals surface area contributed by atoms with Gasteiger partial charge in [-0.3, -0.25) is 0 Å². The van der Waals surface area contributed by atoms with Gasteiger partial charge in [-0.2, -0.15) is 0 Å². The number of aromatic nitrogens is 1. The SMILES string of the molecule is COc1ccc2nc3cc(Br)ccc3c(N(C)C)c2c1. The molecule has 0 aliphatic heterocycles. The van der Waals surface area contributed by atoms with Crippen LogP contribution in [0.25, 0.3) is 21.8 Å². The summed E-state index contributed by atoms with van der Waals surface area (Å²) in [5.41, 5.74) is 3.12. The van der Waals surface area contributed by atoms with Crippen molar-refractivity contribution in [1.29, 1.82) is 0 Å². The molecule has 2 aromatic carbocycles. The van der Waals surface area contributed by atoms with Crippen molar-refractivity contribution in [3.63, 3.8) is 0 Å². The number of halogens is 1. The molecule has 1 aromatic heterocycles. The molecule has 0 N–H and O–H groups in total. The third-order valence-electron chi connectivity index (χ3n) is 3.36. The Balaban J connectivity index is 2.48. The van der Waals surface area contributed by atoms with Crippen LogP contribution in [-0.2, 0) is 0 Å². The molecule has 4 heteroatoms. The van der Waals surface area contributed by atoms with Gasteiger partial charge in [-0.05, 0) is 36.4 Å². The largest absolute Gasteiger partial charge is 0.497 e. The van der Waals surface area contributed by atoms with Crippen molar-refractivity contribution >= 4 is 43.4 Å². The Kier molecular flexibility index (Phi) is 3.26. The molecular formula is C16H15BrN2O. The first-order chi connectivity index (χ1) is 9.60. The first-order valence-electron chi connectivity index (χ1n) is 6.34. The van der Waals surface area contributed by atoms with E-state index in [1.165, 1.54) is 0 Å². The zero-order chi connectivity index (χ0) is 14.3. The molecule has 0 aliphatic carbocycles. The number of ether oxygens (including phenoxy) is 1. The van der Waals surface area contributed by atoms with Crippen LogP contribution in [-0.4, -0.2) is 26.2 Å². The normalized spacial score (nSPS) is 11.0. The Bertz CT molecular complexity index is 799. The molecule has 0 aliphatic rings. The molecule has 102 valence electrons. The summed E-state index contributed by atoms with van der Waals surface area (Å²) >= 11 is 3.51. The van der Waals surface area contributed by atoms with E-state index >= 15 is 0 Å². The number of nitrogens with zero attached hydrogens (tertiary/aromatic N) is 2. The van der Waals surface area contributed by atoms with Gasteiger partial charge in [0.25, 0.3) is 0 Å². The molecule has 0 bridgehead atoms. The van der Waals surface area contributed by atoms with Crippen LogP contribution >= 0.6 is 15.9 Å². The number of anilines is 1. The van der Waals surface area contributed by atoms with Crippen LogP contribution in [0.1, 0.15) is 0 Å². The topological polar surface area (TPSA) is 25.4 Å². The van der Waals surface area contributed by atoms with Crippen LogP contribution in [0.2, 0.25) is 0 Å². The summed E-state index contributed by atoms with van der Waals surface area (Å²) < 4.78 is 6.37. The van der Waals surface area contributed by atoms with E-state index in [2.05, 4.69) is 41.0 Å². The summed E-state index contributed by atoms with van der Waals surface area (Å²) in [5.74, 6) is 0.846. The Morgan fingerprint density at radius 3 is 2.50 bits per heavy atom. The van der Waals surface area contributed by atoms with Gasteiger partial charge in [-0.25, -0.2) is 4.98 Å².